The van der Waals surface area contributed by atoms with Crippen LogP contribution >= 0.6 is 15.9 Å². The van der Waals surface area contributed by atoms with Crippen molar-refractivity contribution in [3.05, 3.63) is 39.4 Å². The number of non-ortho nitro benzene ring substituents is 1. The number of nitro benzene ring substituents is 1. The van der Waals surface area contributed by atoms with Gasteiger partial charge in [0, 0.05) is 28.9 Å². The van der Waals surface area contributed by atoms with Crippen LogP contribution < -0.4 is 0 Å². The number of nitro groups is 1. The van der Waals surface area contributed by atoms with E-state index >= 15 is 0 Å². The van der Waals surface area contributed by atoms with Crippen molar-refractivity contribution in [2.24, 2.45) is 0 Å². The highest BCUT2D eigenvalue weighted by molar-refractivity contribution is 9.09. The van der Waals surface area contributed by atoms with Gasteiger partial charge < -0.3 is 0 Å². The molecule has 0 fully saturated rings. The number of alkyl halides is 1. The Balaban J connectivity index is 2.54. The molecule has 2 rings (SSSR count). The zero-order chi connectivity index (χ0) is 11.7. The lowest BCUT2D eigenvalue weighted by atomic mass is 10.0. The molecule has 1 atom stereocenters. The standard InChI is InChI=1S/C11H10BrNO3/c12-10-2-1-3-11(14)9-6-7(13(15)16)4-5-8(9)10/h4-6,10H,1-3H2. The van der Waals surface area contributed by atoms with E-state index in [1.54, 1.807) is 6.07 Å². The number of rotatable bonds is 1. The van der Waals surface area contributed by atoms with Crippen LogP contribution in [0.5, 0.6) is 0 Å². The summed E-state index contributed by atoms with van der Waals surface area (Å²) in [5.74, 6) is 0.000602. The average molecular weight is 284 g/mol. The topological polar surface area (TPSA) is 60.2 Å². The van der Waals surface area contributed by atoms with E-state index in [0.717, 1.165) is 18.4 Å². The van der Waals surface area contributed by atoms with Crippen LogP contribution in [0.25, 0.3) is 0 Å². The second kappa shape index (κ2) is 4.33. The van der Waals surface area contributed by atoms with E-state index in [1.807, 2.05) is 0 Å². The molecular weight excluding hydrogens is 274 g/mol. The number of ketones is 1. The van der Waals surface area contributed by atoms with Crippen LogP contribution in [0.3, 0.4) is 0 Å². The van der Waals surface area contributed by atoms with Crippen molar-refractivity contribution in [3.63, 3.8) is 0 Å². The van der Waals surface area contributed by atoms with Crippen molar-refractivity contribution >= 4 is 27.4 Å². The summed E-state index contributed by atoms with van der Waals surface area (Å²) in [6.07, 6.45) is 2.17. The normalized spacial score (nSPS) is 20.1. The van der Waals surface area contributed by atoms with Gasteiger partial charge in [0.05, 0.1) is 4.92 Å². The molecule has 0 heterocycles. The minimum atomic E-state index is -0.471. The molecule has 0 amide bonds. The Morgan fingerprint density at radius 3 is 2.88 bits per heavy atom. The summed E-state index contributed by atoms with van der Waals surface area (Å²) < 4.78 is 0. The Labute approximate surface area is 101 Å². The molecule has 1 unspecified atom stereocenters. The highest BCUT2D eigenvalue weighted by atomic mass is 79.9. The minimum Gasteiger partial charge on any atom is -0.294 e. The van der Waals surface area contributed by atoms with Gasteiger partial charge in [0.2, 0.25) is 0 Å². The third-order valence-electron chi connectivity index (χ3n) is 2.75. The van der Waals surface area contributed by atoms with Crippen molar-refractivity contribution < 1.29 is 9.72 Å². The number of carbonyl (C=O) groups excluding carboxylic acids is 1. The average Bonchev–Trinajstić information content (AvgIpc) is 2.40. The van der Waals surface area contributed by atoms with Crippen LogP contribution in [0.2, 0.25) is 0 Å². The molecule has 4 nitrogen and oxygen atoms in total. The van der Waals surface area contributed by atoms with Crippen LogP contribution in [0, 0.1) is 10.1 Å². The lowest BCUT2D eigenvalue weighted by Gasteiger charge is -2.09. The highest BCUT2D eigenvalue weighted by Crippen LogP contribution is 2.36. The third kappa shape index (κ3) is 2.00. The van der Waals surface area contributed by atoms with E-state index in [-0.39, 0.29) is 16.3 Å². The summed E-state index contributed by atoms with van der Waals surface area (Å²) in [6.45, 7) is 0. The number of carbonyl (C=O) groups is 1. The van der Waals surface area contributed by atoms with Gasteiger partial charge in [0.1, 0.15) is 0 Å². The number of benzene rings is 1. The Bertz CT molecular complexity index is 459. The SMILES string of the molecule is O=C1CCCC(Br)c2ccc([N+](=O)[O-])cc21. The number of nitrogens with zero attached hydrogens (tertiary/aromatic N) is 1. The summed E-state index contributed by atoms with van der Waals surface area (Å²) in [6, 6.07) is 4.51. The van der Waals surface area contributed by atoms with Crippen LogP contribution in [0.4, 0.5) is 5.69 Å². The summed E-state index contributed by atoms with van der Waals surface area (Å²) in [7, 11) is 0. The lowest BCUT2D eigenvalue weighted by Crippen LogP contribution is -2.02. The second-order valence-electron chi connectivity index (χ2n) is 3.81. The summed E-state index contributed by atoms with van der Waals surface area (Å²) in [5, 5.41) is 10.6. The van der Waals surface area contributed by atoms with Crippen molar-refractivity contribution in [3.8, 4) is 0 Å². The zero-order valence-corrected chi connectivity index (χ0v) is 10.1. The Kier molecular flexibility index (Phi) is 3.05. The first-order valence-corrected chi connectivity index (χ1v) is 5.97. The lowest BCUT2D eigenvalue weighted by molar-refractivity contribution is -0.384. The van der Waals surface area contributed by atoms with Crippen LogP contribution in [0.15, 0.2) is 18.2 Å². The predicted molar refractivity (Wildman–Crippen MR) is 62.9 cm³/mol. The number of hydrogen-bond donors (Lipinski definition) is 0. The van der Waals surface area contributed by atoms with E-state index in [2.05, 4.69) is 15.9 Å². The predicted octanol–water partition coefficient (Wildman–Crippen LogP) is 3.40. The molecule has 1 aromatic carbocycles. The van der Waals surface area contributed by atoms with E-state index in [1.165, 1.54) is 12.1 Å². The fourth-order valence-corrected chi connectivity index (χ4v) is 2.63. The fourth-order valence-electron chi connectivity index (χ4n) is 1.90. The van der Waals surface area contributed by atoms with Crippen molar-refractivity contribution in [1.29, 1.82) is 0 Å². The van der Waals surface area contributed by atoms with E-state index in [0.29, 0.717) is 12.0 Å². The van der Waals surface area contributed by atoms with Gasteiger partial charge in [-0.2, -0.15) is 0 Å². The van der Waals surface area contributed by atoms with Crippen molar-refractivity contribution in [2.45, 2.75) is 24.1 Å². The number of hydrogen-bond acceptors (Lipinski definition) is 3. The van der Waals surface area contributed by atoms with Crippen LogP contribution in [-0.4, -0.2) is 10.7 Å². The van der Waals surface area contributed by atoms with E-state index < -0.39 is 4.92 Å². The molecule has 1 aromatic rings. The van der Waals surface area contributed by atoms with Crippen LogP contribution in [-0.2, 0) is 0 Å². The Hall–Kier alpha value is -1.23. The van der Waals surface area contributed by atoms with E-state index in [4.69, 9.17) is 0 Å². The molecular formula is C11H10BrNO3. The molecule has 0 saturated carbocycles. The van der Waals surface area contributed by atoms with Gasteiger partial charge in [-0.25, -0.2) is 0 Å². The molecule has 84 valence electrons. The largest absolute Gasteiger partial charge is 0.294 e. The van der Waals surface area contributed by atoms with Gasteiger partial charge in [-0.05, 0) is 18.4 Å². The monoisotopic (exact) mass is 283 g/mol. The first-order valence-electron chi connectivity index (χ1n) is 5.05. The number of fused-ring (bicyclic) bond motifs is 1. The molecule has 16 heavy (non-hydrogen) atoms. The van der Waals surface area contributed by atoms with Gasteiger partial charge in [0.25, 0.3) is 5.69 Å². The maximum absolute atomic E-state index is 11.8. The minimum absolute atomic E-state index is 0.000602. The van der Waals surface area contributed by atoms with Gasteiger partial charge >= 0.3 is 0 Å². The van der Waals surface area contributed by atoms with Gasteiger partial charge in [0.15, 0.2) is 5.78 Å². The fraction of sp³-hybridized carbons (Fsp3) is 0.364. The van der Waals surface area contributed by atoms with E-state index in [9.17, 15) is 14.9 Å². The highest BCUT2D eigenvalue weighted by Gasteiger charge is 2.23. The molecule has 0 N–H and O–H groups in total. The summed E-state index contributed by atoms with van der Waals surface area (Å²) >= 11 is 3.50. The maximum atomic E-state index is 11.8. The quantitative estimate of drug-likeness (QED) is 0.343. The van der Waals surface area contributed by atoms with Crippen molar-refractivity contribution in [2.75, 3.05) is 0 Å². The number of halogens is 1. The zero-order valence-electron chi connectivity index (χ0n) is 8.48. The molecule has 0 aromatic heterocycles. The van der Waals surface area contributed by atoms with Gasteiger partial charge in [-0.3, -0.25) is 14.9 Å². The molecule has 0 bridgehead atoms. The molecule has 5 heteroatoms. The Morgan fingerprint density at radius 2 is 2.19 bits per heavy atom. The second-order valence-corrected chi connectivity index (χ2v) is 4.92. The molecule has 0 saturated heterocycles. The molecule has 1 aliphatic rings. The first kappa shape index (κ1) is 11.3. The van der Waals surface area contributed by atoms with Crippen LogP contribution in [0.1, 0.15) is 40.0 Å². The molecule has 1 aliphatic carbocycles. The van der Waals surface area contributed by atoms with Gasteiger partial charge in [-0.1, -0.05) is 22.0 Å². The molecule has 0 spiro atoms. The summed E-state index contributed by atoms with van der Waals surface area (Å²) in [5.41, 5.74) is 1.34. The summed E-state index contributed by atoms with van der Waals surface area (Å²) in [4.78, 5) is 22.1. The smallest absolute Gasteiger partial charge is 0.270 e. The molecule has 0 aliphatic heterocycles. The Morgan fingerprint density at radius 1 is 1.44 bits per heavy atom. The first-order chi connectivity index (χ1) is 7.59. The maximum Gasteiger partial charge on any atom is 0.270 e. The van der Waals surface area contributed by atoms with Gasteiger partial charge in [-0.15, -0.1) is 0 Å². The third-order valence-corrected chi connectivity index (χ3v) is 3.70. The number of Topliss-reactive ketones (excluding diaryl/α,β-unsaturated/α-hetero) is 1. The molecule has 0 radical (unpaired) electrons. The van der Waals surface area contributed by atoms with Crippen molar-refractivity contribution in [1.82, 2.24) is 0 Å².